The topological polar surface area (TPSA) is 45.8 Å². The summed E-state index contributed by atoms with van der Waals surface area (Å²) in [5.74, 6) is 0.649. The number of pyridine rings is 1. The summed E-state index contributed by atoms with van der Waals surface area (Å²) in [5.41, 5.74) is 2.84. The van der Waals surface area contributed by atoms with Crippen LogP contribution in [0, 0.1) is 0 Å². The maximum Gasteiger partial charge on any atom is 0.183 e. The van der Waals surface area contributed by atoms with E-state index in [9.17, 15) is 4.79 Å². The van der Waals surface area contributed by atoms with E-state index in [2.05, 4.69) is 29.9 Å². The van der Waals surface area contributed by atoms with Crippen LogP contribution >= 0.6 is 0 Å². The van der Waals surface area contributed by atoms with Gasteiger partial charge in [0.25, 0.3) is 0 Å². The predicted molar refractivity (Wildman–Crippen MR) is 81.0 cm³/mol. The molecule has 0 bridgehead atoms. The molecule has 1 unspecified atom stereocenters. The van der Waals surface area contributed by atoms with Crippen LogP contribution in [0.2, 0.25) is 0 Å². The summed E-state index contributed by atoms with van der Waals surface area (Å²) >= 11 is 0. The monoisotopic (exact) mass is 270 g/mol. The third-order valence-electron chi connectivity index (χ3n) is 3.67. The van der Waals surface area contributed by atoms with Crippen molar-refractivity contribution in [3.63, 3.8) is 0 Å². The number of ketones is 1. The molecule has 0 fully saturated rings. The highest BCUT2D eigenvalue weighted by molar-refractivity contribution is 5.95. The lowest BCUT2D eigenvalue weighted by Crippen LogP contribution is -2.05. The summed E-state index contributed by atoms with van der Waals surface area (Å²) < 4.78 is 0. The summed E-state index contributed by atoms with van der Waals surface area (Å²) in [6.45, 7) is 4.39. The molecule has 3 nitrogen and oxygen atoms in total. The first-order valence-corrected chi connectivity index (χ1v) is 7.35. The molecule has 2 aromatic rings. The van der Waals surface area contributed by atoms with Gasteiger partial charge in [-0.25, -0.2) is 0 Å². The number of carbonyl (C=O) groups is 1. The Labute approximate surface area is 120 Å². The van der Waals surface area contributed by atoms with E-state index in [0.29, 0.717) is 18.0 Å². The number of nitrogens with zero attached hydrogens (tertiary/aromatic N) is 1. The Balaban J connectivity index is 2.06. The van der Waals surface area contributed by atoms with Crippen molar-refractivity contribution in [2.45, 2.75) is 45.4 Å². The fraction of sp³-hybridized carbons (Fsp3) is 0.412. The summed E-state index contributed by atoms with van der Waals surface area (Å²) in [5, 5.41) is 0. The number of hydrogen-bond donors (Lipinski definition) is 1. The molecule has 0 aliphatic heterocycles. The molecular weight excluding hydrogens is 248 g/mol. The lowest BCUT2D eigenvalue weighted by Gasteiger charge is -2.11. The van der Waals surface area contributed by atoms with Crippen LogP contribution in [0.4, 0.5) is 0 Å². The first-order chi connectivity index (χ1) is 9.74. The zero-order chi connectivity index (χ0) is 14.4. The SMILES string of the molecule is CCCC(CC)c1ccc(C(=O)Cc2cccnc2)[nH]1. The number of aromatic nitrogens is 2. The van der Waals surface area contributed by atoms with E-state index >= 15 is 0 Å². The van der Waals surface area contributed by atoms with E-state index in [1.54, 1.807) is 12.4 Å². The smallest absolute Gasteiger partial charge is 0.183 e. The van der Waals surface area contributed by atoms with Crippen molar-refractivity contribution in [2.24, 2.45) is 0 Å². The van der Waals surface area contributed by atoms with Crippen molar-refractivity contribution in [2.75, 3.05) is 0 Å². The molecule has 0 aliphatic rings. The second-order valence-corrected chi connectivity index (χ2v) is 5.18. The molecule has 0 saturated heterocycles. The van der Waals surface area contributed by atoms with Crippen molar-refractivity contribution in [1.29, 1.82) is 0 Å². The van der Waals surface area contributed by atoms with Gasteiger partial charge >= 0.3 is 0 Å². The van der Waals surface area contributed by atoms with Gasteiger partial charge in [-0.3, -0.25) is 9.78 Å². The minimum atomic E-state index is 0.121. The first-order valence-electron chi connectivity index (χ1n) is 7.35. The molecule has 0 aliphatic carbocycles. The Bertz CT molecular complexity index is 545. The van der Waals surface area contributed by atoms with E-state index in [1.165, 1.54) is 5.69 Å². The third kappa shape index (κ3) is 3.56. The molecule has 0 radical (unpaired) electrons. The summed E-state index contributed by atoms with van der Waals surface area (Å²) in [6.07, 6.45) is 7.29. The molecule has 20 heavy (non-hydrogen) atoms. The second kappa shape index (κ2) is 7.04. The van der Waals surface area contributed by atoms with Gasteiger partial charge in [0, 0.05) is 24.5 Å². The van der Waals surface area contributed by atoms with Gasteiger partial charge < -0.3 is 4.98 Å². The number of hydrogen-bond acceptors (Lipinski definition) is 2. The Kier molecular flexibility index (Phi) is 5.10. The third-order valence-corrected chi connectivity index (χ3v) is 3.67. The van der Waals surface area contributed by atoms with Crippen molar-refractivity contribution in [3.05, 3.63) is 53.6 Å². The van der Waals surface area contributed by atoms with E-state index in [1.807, 2.05) is 18.2 Å². The van der Waals surface area contributed by atoms with Crippen molar-refractivity contribution in [3.8, 4) is 0 Å². The second-order valence-electron chi connectivity index (χ2n) is 5.18. The zero-order valence-electron chi connectivity index (χ0n) is 12.2. The largest absolute Gasteiger partial charge is 0.356 e. The normalized spacial score (nSPS) is 12.3. The number of H-pyrrole nitrogens is 1. The van der Waals surface area contributed by atoms with Crippen LogP contribution in [0.5, 0.6) is 0 Å². The van der Waals surface area contributed by atoms with Crippen molar-refractivity contribution >= 4 is 5.78 Å². The molecule has 0 spiro atoms. The minimum absolute atomic E-state index is 0.121. The van der Waals surface area contributed by atoms with Crippen LogP contribution in [0.3, 0.4) is 0 Å². The molecular formula is C17H22N2O. The fourth-order valence-electron chi connectivity index (χ4n) is 2.52. The van der Waals surface area contributed by atoms with Crippen molar-refractivity contribution in [1.82, 2.24) is 9.97 Å². The Morgan fingerprint density at radius 1 is 1.30 bits per heavy atom. The Morgan fingerprint density at radius 3 is 2.80 bits per heavy atom. The first kappa shape index (κ1) is 14.5. The maximum absolute atomic E-state index is 12.2. The average Bonchev–Trinajstić information content (AvgIpc) is 2.95. The van der Waals surface area contributed by atoms with Gasteiger partial charge in [-0.1, -0.05) is 26.3 Å². The van der Waals surface area contributed by atoms with Gasteiger partial charge in [-0.2, -0.15) is 0 Å². The molecule has 3 heteroatoms. The standard InChI is InChI=1S/C17H22N2O/c1-3-6-14(4-2)15-8-9-16(19-15)17(20)11-13-7-5-10-18-12-13/h5,7-10,12,14,19H,3-4,6,11H2,1-2H3. The molecule has 2 heterocycles. The van der Waals surface area contributed by atoms with E-state index < -0.39 is 0 Å². The summed E-state index contributed by atoms with van der Waals surface area (Å²) in [6, 6.07) is 7.75. The highest BCUT2D eigenvalue weighted by atomic mass is 16.1. The Hall–Kier alpha value is -1.90. The van der Waals surface area contributed by atoms with Crippen LogP contribution in [-0.2, 0) is 6.42 Å². The van der Waals surface area contributed by atoms with Gasteiger partial charge in [0.05, 0.1) is 5.69 Å². The predicted octanol–water partition coefficient (Wildman–Crippen LogP) is 4.13. The van der Waals surface area contributed by atoms with E-state index in [-0.39, 0.29) is 5.78 Å². The van der Waals surface area contributed by atoms with Crippen LogP contribution in [-0.4, -0.2) is 15.8 Å². The van der Waals surface area contributed by atoms with Crippen LogP contribution in [0.1, 0.15) is 60.8 Å². The zero-order valence-corrected chi connectivity index (χ0v) is 12.2. The number of Topliss-reactive ketones (excluding diaryl/α,β-unsaturated/α-hetero) is 1. The molecule has 2 aromatic heterocycles. The lowest BCUT2D eigenvalue weighted by atomic mass is 9.97. The van der Waals surface area contributed by atoms with Crippen LogP contribution in [0.15, 0.2) is 36.7 Å². The van der Waals surface area contributed by atoms with Gasteiger partial charge in [0.2, 0.25) is 0 Å². The molecule has 106 valence electrons. The number of nitrogens with one attached hydrogen (secondary N) is 1. The molecule has 2 rings (SSSR count). The lowest BCUT2D eigenvalue weighted by molar-refractivity contribution is 0.0988. The molecule has 1 atom stereocenters. The van der Waals surface area contributed by atoms with E-state index in [4.69, 9.17) is 0 Å². The molecule has 1 N–H and O–H groups in total. The van der Waals surface area contributed by atoms with E-state index in [0.717, 1.165) is 24.8 Å². The van der Waals surface area contributed by atoms with Crippen LogP contribution in [0.25, 0.3) is 0 Å². The van der Waals surface area contributed by atoms with Gasteiger partial charge in [-0.15, -0.1) is 0 Å². The highest BCUT2D eigenvalue weighted by Gasteiger charge is 2.14. The maximum atomic E-state index is 12.2. The van der Waals surface area contributed by atoms with Gasteiger partial charge in [0.15, 0.2) is 5.78 Å². The average molecular weight is 270 g/mol. The summed E-state index contributed by atoms with van der Waals surface area (Å²) in [7, 11) is 0. The molecule has 0 saturated carbocycles. The number of rotatable bonds is 7. The van der Waals surface area contributed by atoms with Crippen molar-refractivity contribution < 1.29 is 4.79 Å². The quantitative estimate of drug-likeness (QED) is 0.769. The number of aromatic amines is 1. The fourth-order valence-corrected chi connectivity index (χ4v) is 2.52. The molecule has 0 amide bonds. The Morgan fingerprint density at radius 2 is 2.15 bits per heavy atom. The van der Waals surface area contributed by atoms with Gasteiger partial charge in [-0.05, 0) is 42.5 Å². The highest BCUT2D eigenvalue weighted by Crippen LogP contribution is 2.24. The minimum Gasteiger partial charge on any atom is -0.356 e. The van der Waals surface area contributed by atoms with Crippen LogP contribution < -0.4 is 0 Å². The molecule has 0 aromatic carbocycles. The van der Waals surface area contributed by atoms with Gasteiger partial charge in [0.1, 0.15) is 0 Å². The summed E-state index contributed by atoms with van der Waals surface area (Å²) in [4.78, 5) is 19.6. The number of carbonyl (C=O) groups excluding carboxylic acids is 1.